The van der Waals surface area contributed by atoms with Crippen molar-refractivity contribution in [1.82, 2.24) is 0 Å². The van der Waals surface area contributed by atoms with Gasteiger partial charge in [0.15, 0.2) is 18.1 Å². The number of hydrogen-bond acceptors (Lipinski definition) is 5. The molecule has 0 saturated heterocycles. The molecule has 124 valence electrons. The fourth-order valence-corrected chi connectivity index (χ4v) is 2.69. The lowest BCUT2D eigenvalue weighted by atomic mass is 10.1. The maximum Gasteiger partial charge on any atom is 0.256 e. The molecule has 0 saturated carbocycles. The third kappa shape index (κ3) is 4.29. The summed E-state index contributed by atoms with van der Waals surface area (Å²) in [7, 11) is 3.06. The van der Waals surface area contributed by atoms with Crippen molar-refractivity contribution in [2.24, 2.45) is 0 Å². The number of halogens is 1. The van der Waals surface area contributed by atoms with Crippen molar-refractivity contribution >= 4 is 34.2 Å². The topological polar surface area (TPSA) is 80.6 Å². The lowest BCUT2D eigenvalue weighted by molar-refractivity contribution is 0.102. The zero-order valence-electron chi connectivity index (χ0n) is 13.1. The molecule has 0 aromatic heterocycles. The molecule has 0 fully saturated rings. The average Bonchev–Trinajstić information content (AvgIpc) is 2.59. The number of carbonyl (C=O) groups is 1. The minimum atomic E-state index is -0.280. The van der Waals surface area contributed by atoms with E-state index in [0.29, 0.717) is 28.5 Å². The largest absolute Gasteiger partial charge is 0.493 e. The Bertz CT molecular complexity index is 787. The van der Waals surface area contributed by atoms with Crippen LogP contribution in [0.3, 0.4) is 0 Å². The van der Waals surface area contributed by atoms with Gasteiger partial charge in [-0.3, -0.25) is 4.79 Å². The predicted octanol–water partition coefficient (Wildman–Crippen LogP) is 3.46. The minimum absolute atomic E-state index is 0.0506. The van der Waals surface area contributed by atoms with Gasteiger partial charge in [0.05, 0.1) is 19.8 Å². The molecule has 0 spiro atoms. The van der Waals surface area contributed by atoms with Crippen LogP contribution in [0.2, 0.25) is 0 Å². The third-order valence-electron chi connectivity index (χ3n) is 3.11. The summed E-state index contributed by atoms with van der Waals surface area (Å²) >= 11 is 2.07. The molecule has 1 N–H and O–H groups in total. The number of benzene rings is 2. The van der Waals surface area contributed by atoms with Gasteiger partial charge in [0, 0.05) is 15.3 Å². The highest BCUT2D eigenvalue weighted by Crippen LogP contribution is 2.31. The highest BCUT2D eigenvalue weighted by molar-refractivity contribution is 14.1. The molecule has 0 bridgehead atoms. The Hall–Kier alpha value is -2.47. The molecule has 0 aliphatic rings. The maximum absolute atomic E-state index is 12.5. The number of carbonyl (C=O) groups excluding carboxylic acids is 1. The normalized spacial score (nSPS) is 9.75. The lowest BCUT2D eigenvalue weighted by Gasteiger charge is -2.12. The summed E-state index contributed by atoms with van der Waals surface area (Å²) in [6.07, 6.45) is 0. The van der Waals surface area contributed by atoms with Crippen molar-refractivity contribution in [3.63, 3.8) is 0 Å². The zero-order chi connectivity index (χ0) is 17.5. The molecule has 2 aromatic carbocycles. The van der Waals surface area contributed by atoms with Crippen LogP contribution >= 0.6 is 22.6 Å². The Labute approximate surface area is 153 Å². The quantitative estimate of drug-likeness (QED) is 0.699. The van der Waals surface area contributed by atoms with Crippen LogP contribution in [0, 0.1) is 14.9 Å². The van der Waals surface area contributed by atoms with Gasteiger partial charge in [-0.1, -0.05) is 6.07 Å². The Kier molecular flexibility index (Phi) is 6.26. The Morgan fingerprint density at radius 1 is 1.21 bits per heavy atom. The van der Waals surface area contributed by atoms with E-state index < -0.39 is 0 Å². The highest BCUT2D eigenvalue weighted by Gasteiger charge is 2.16. The second kappa shape index (κ2) is 8.40. The Balaban J connectivity index is 2.22. The standard InChI is InChI=1S/C17H15IN2O4/c1-22-15-9-13(14(18)10-16(15)23-2)17(21)20-11-4-3-5-12(8-11)24-7-6-19/h3-5,8-10H,7H2,1-2H3,(H,20,21). The number of nitrogens with zero attached hydrogens (tertiary/aromatic N) is 1. The molecule has 0 atom stereocenters. The first-order valence-electron chi connectivity index (χ1n) is 6.91. The van der Waals surface area contributed by atoms with Crippen LogP contribution in [0.1, 0.15) is 10.4 Å². The number of anilines is 1. The van der Waals surface area contributed by atoms with E-state index in [2.05, 4.69) is 27.9 Å². The summed E-state index contributed by atoms with van der Waals surface area (Å²) < 4.78 is 16.4. The molecule has 0 aliphatic carbocycles. The maximum atomic E-state index is 12.5. The molecule has 2 aromatic rings. The summed E-state index contributed by atoms with van der Waals surface area (Å²) in [5.74, 6) is 1.27. The number of nitriles is 1. The van der Waals surface area contributed by atoms with Crippen molar-refractivity contribution in [2.45, 2.75) is 0 Å². The highest BCUT2D eigenvalue weighted by atomic mass is 127. The van der Waals surface area contributed by atoms with Crippen molar-refractivity contribution < 1.29 is 19.0 Å². The van der Waals surface area contributed by atoms with Gasteiger partial charge >= 0.3 is 0 Å². The van der Waals surface area contributed by atoms with E-state index in [9.17, 15) is 4.79 Å². The molecule has 2 rings (SSSR count). The molecule has 0 unspecified atom stereocenters. The number of methoxy groups -OCH3 is 2. The van der Waals surface area contributed by atoms with Gasteiger partial charge in [-0.25, -0.2) is 0 Å². The van der Waals surface area contributed by atoms with Crippen molar-refractivity contribution in [1.29, 1.82) is 5.26 Å². The minimum Gasteiger partial charge on any atom is -0.493 e. The molecule has 6 nitrogen and oxygen atoms in total. The monoisotopic (exact) mass is 438 g/mol. The van der Waals surface area contributed by atoms with Gasteiger partial charge in [-0.15, -0.1) is 0 Å². The molecule has 0 heterocycles. The van der Waals surface area contributed by atoms with Gasteiger partial charge < -0.3 is 19.5 Å². The number of amides is 1. The Morgan fingerprint density at radius 2 is 1.92 bits per heavy atom. The number of rotatable bonds is 6. The van der Waals surface area contributed by atoms with E-state index in [1.165, 1.54) is 7.11 Å². The second-order valence-electron chi connectivity index (χ2n) is 4.62. The van der Waals surface area contributed by atoms with E-state index >= 15 is 0 Å². The first kappa shape index (κ1) is 17.9. The summed E-state index contributed by atoms with van der Waals surface area (Å²) in [6, 6.07) is 12.1. The molecular formula is C17H15IN2O4. The van der Waals surface area contributed by atoms with Crippen molar-refractivity contribution in [3.8, 4) is 23.3 Å². The molecule has 0 radical (unpaired) electrons. The fourth-order valence-electron chi connectivity index (χ4n) is 2.01. The van der Waals surface area contributed by atoms with E-state index in [-0.39, 0.29) is 12.5 Å². The molecule has 0 aliphatic heterocycles. The van der Waals surface area contributed by atoms with Gasteiger partial charge in [0.1, 0.15) is 11.8 Å². The van der Waals surface area contributed by atoms with Crippen LogP contribution in [0.15, 0.2) is 36.4 Å². The van der Waals surface area contributed by atoms with Crippen LogP contribution in [0.5, 0.6) is 17.2 Å². The van der Waals surface area contributed by atoms with E-state index in [1.54, 1.807) is 43.5 Å². The molecule has 1 amide bonds. The third-order valence-corrected chi connectivity index (χ3v) is 4.01. The van der Waals surface area contributed by atoms with Gasteiger partial charge in [0.25, 0.3) is 5.91 Å². The number of nitrogens with one attached hydrogen (secondary N) is 1. The summed E-state index contributed by atoms with van der Waals surface area (Å²) in [4.78, 5) is 12.5. The van der Waals surface area contributed by atoms with E-state index in [1.807, 2.05) is 6.07 Å². The first-order valence-corrected chi connectivity index (χ1v) is 7.99. The molecular weight excluding hydrogens is 423 g/mol. The van der Waals surface area contributed by atoms with Crippen LogP contribution in [-0.2, 0) is 0 Å². The molecule has 24 heavy (non-hydrogen) atoms. The average molecular weight is 438 g/mol. The summed E-state index contributed by atoms with van der Waals surface area (Å²) in [5, 5.41) is 11.3. The predicted molar refractivity (Wildman–Crippen MR) is 97.8 cm³/mol. The second-order valence-corrected chi connectivity index (χ2v) is 5.78. The lowest BCUT2D eigenvalue weighted by Crippen LogP contribution is -2.14. The van der Waals surface area contributed by atoms with E-state index in [4.69, 9.17) is 19.5 Å². The fraction of sp³-hybridized carbons (Fsp3) is 0.176. The first-order chi connectivity index (χ1) is 11.6. The van der Waals surface area contributed by atoms with Crippen LogP contribution < -0.4 is 19.5 Å². The van der Waals surface area contributed by atoms with Crippen LogP contribution in [0.4, 0.5) is 5.69 Å². The SMILES string of the molecule is COc1cc(I)c(C(=O)Nc2cccc(OCC#N)c2)cc1OC. The summed E-state index contributed by atoms with van der Waals surface area (Å²) in [6.45, 7) is -0.0506. The smallest absolute Gasteiger partial charge is 0.256 e. The molecule has 7 heteroatoms. The number of ether oxygens (including phenoxy) is 3. The van der Waals surface area contributed by atoms with Crippen LogP contribution in [-0.4, -0.2) is 26.7 Å². The Morgan fingerprint density at radius 3 is 2.58 bits per heavy atom. The van der Waals surface area contributed by atoms with Gasteiger partial charge in [-0.2, -0.15) is 5.26 Å². The van der Waals surface area contributed by atoms with Gasteiger partial charge in [-0.05, 0) is 46.9 Å². The summed E-state index contributed by atoms with van der Waals surface area (Å²) in [5.41, 5.74) is 1.04. The van der Waals surface area contributed by atoms with Crippen molar-refractivity contribution in [3.05, 3.63) is 45.5 Å². The van der Waals surface area contributed by atoms with Crippen molar-refractivity contribution in [2.75, 3.05) is 26.1 Å². The number of hydrogen-bond donors (Lipinski definition) is 1. The van der Waals surface area contributed by atoms with E-state index in [0.717, 1.165) is 3.57 Å². The van der Waals surface area contributed by atoms with Gasteiger partial charge in [0.2, 0.25) is 0 Å². The zero-order valence-corrected chi connectivity index (χ0v) is 15.3. The van der Waals surface area contributed by atoms with Crippen LogP contribution in [0.25, 0.3) is 0 Å².